The largest absolute Gasteiger partial charge is 0.307 e. The van der Waals surface area contributed by atoms with Gasteiger partial charge in [0.2, 0.25) is 0 Å². The van der Waals surface area contributed by atoms with Gasteiger partial charge in [-0.05, 0) is 49.3 Å². The molecule has 0 saturated carbocycles. The summed E-state index contributed by atoms with van der Waals surface area (Å²) in [5.74, 6) is 0.149. The lowest BCUT2D eigenvalue weighted by molar-refractivity contribution is 0.0884. The van der Waals surface area contributed by atoms with E-state index in [-0.39, 0.29) is 11.8 Å². The molecule has 0 heterocycles. The van der Waals surface area contributed by atoms with Crippen LogP contribution in [0, 0.1) is 0 Å². The van der Waals surface area contributed by atoms with Crippen LogP contribution in [0.4, 0.5) is 0 Å². The highest BCUT2D eigenvalue weighted by atomic mass is 16.1. The maximum absolute atomic E-state index is 14.6. The van der Waals surface area contributed by atoms with Crippen molar-refractivity contribution in [2.24, 2.45) is 0 Å². The minimum Gasteiger partial charge on any atom is -0.307 e. The Morgan fingerprint density at radius 2 is 1.26 bits per heavy atom. The number of hydrogen-bond acceptors (Lipinski definition) is 2. The van der Waals surface area contributed by atoms with Crippen molar-refractivity contribution in [3.8, 4) is 0 Å². The highest BCUT2D eigenvalue weighted by Crippen LogP contribution is 2.41. The molecule has 0 saturated heterocycles. The molecule has 0 fully saturated rings. The normalized spacial score (nSPS) is 12.8. The fourth-order valence-electron chi connectivity index (χ4n) is 4.48. The molecule has 4 rings (SSSR count). The molecular formula is C29H29NO. The lowest BCUT2D eigenvalue weighted by atomic mass is 9.65. The number of benzene rings is 4. The van der Waals surface area contributed by atoms with E-state index < -0.39 is 5.41 Å². The van der Waals surface area contributed by atoms with Gasteiger partial charge < -0.3 is 4.90 Å². The van der Waals surface area contributed by atoms with Crippen molar-refractivity contribution in [2.75, 3.05) is 14.1 Å². The van der Waals surface area contributed by atoms with Gasteiger partial charge in [-0.25, -0.2) is 0 Å². The third-order valence-corrected chi connectivity index (χ3v) is 6.44. The maximum atomic E-state index is 14.6. The van der Waals surface area contributed by atoms with Crippen molar-refractivity contribution in [3.63, 3.8) is 0 Å². The molecular weight excluding hydrogens is 378 g/mol. The van der Waals surface area contributed by atoms with Gasteiger partial charge in [-0.15, -0.1) is 0 Å². The Kier molecular flexibility index (Phi) is 6.01. The van der Waals surface area contributed by atoms with E-state index in [4.69, 9.17) is 0 Å². The molecule has 156 valence electrons. The van der Waals surface area contributed by atoms with E-state index >= 15 is 0 Å². The van der Waals surface area contributed by atoms with Crippen LogP contribution in [-0.2, 0) is 5.41 Å². The Morgan fingerprint density at radius 3 is 1.84 bits per heavy atom. The molecule has 0 aliphatic carbocycles. The average Bonchev–Trinajstić information content (AvgIpc) is 2.82. The zero-order valence-corrected chi connectivity index (χ0v) is 18.5. The molecule has 0 aromatic heterocycles. The summed E-state index contributed by atoms with van der Waals surface area (Å²) in [6, 6.07) is 34.9. The molecule has 0 N–H and O–H groups in total. The van der Waals surface area contributed by atoms with Crippen molar-refractivity contribution in [3.05, 3.63) is 120 Å². The molecule has 2 heteroatoms. The average molecular weight is 408 g/mol. The van der Waals surface area contributed by atoms with Crippen molar-refractivity contribution in [1.82, 2.24) is 4.90 Å². The molecule has 2 nitrogen and oxygen atoms in total. The lowest BCUT2D eigenvalue weighted by Gasteiger charge is -2.38. The molecule has 0 aliphatic rings. The molecule has 0 unspecified atom stereocenters. The second-order valence-electron chi connectivity index (χ2n) is 8.51. The zero-order chi connectivity index (χ0) is 21.8. The van der Waals surface area contributed by atoms with Gasteiger partial charge in [0.05, 0.1) is 5.41 Å². The topological polar surface area (TPSA) is 20.3 Å². The Bertz CT molecular complexity index is 1120. The molecule has 0 radical (unpaired) electrons. The summed E-state index contributed by atoms with van der Waals surface area (Å²) in [6.07, 6.45) is 0.691. The number of rotatable bonds is 7. The minimum atomic E-state index is -0.781. The van der Waals surface area contributed by atoms with E-state index in [2.05, 4.69) is 68.4 Å². The minimum absolute atomic E-state index is 0.149. The van der Waals surface area contributed by atoms with Gasteiger partial charge in [0.15, 0.2) is 5.78 Å². The van der Waals surface area contributed by atoms with Crippen LogP contribution in [0.15, 0.2) is 103 Å². The number of nitrogens with zero attached hydrogens (tertiary/aromatic N) is 1. The van der Waals surface area contributed by atoms with Crippen molar-refractivity contribution in [1.29, 1.82) is 0 Å². The molecule has 0 bridgehead atoms. The van der Waals surface area contributed by atoms with Gasteiger partial charge in [0.1, 0.15) is 0 Å². The van der Waals surface area contributed by atoms with Crippen molar-refractivity contribution < 1.29 is 4.79 Å². The van der Waals surface area contributed by atoms with Crippen LogP contribution >= 0.6 is 0 Å². The number of hydrogen-bond donors (Lipinski definition) is 0. The lowest BCUT2D eigenvalue weighted by Crippen LogP contribution is -2.43. The monoisotopic (exact) mass is 407 g/mol. The number of carbonyl (C=O) groups is 1. The fourth-order valence-corrected chi connectivity index (χ4v) is 4.48. The van der Waals surface area contributed by atoms with Gasteiger partial charge in [-0.2, -0.15) is 0 Å². The number of carbonyl (C=O) groups excluding carboxylic acids is 1. The van der Waals surface area contributed by atoms with E-state index in [0.29, 0.717) is 6.42 Å². The van der Waals surface area contributed by atoms with Gasteiger partial charge in [0.25, 0.3) is 0 Å². The molecule has 0 aliphatic heterocycles. The quantitative estimate of drug-likeness (QED) is 0.333. The van der Waals surface area contributed by atoms with E-state index in [0.717, 1.165) is 27.5 Å². The molecule has 1 atom stereocenters. The van der Waals surface area contributed by atoms with Gasteiger partial charge in [-0.3, -0.25) is 4.79 Å². The van der Waals surface area contributed by atoms with Crippen LogP contribution in [0.1, 0.15) is 34.8 Å². The second kappa shape index (κ2) is 8.87. The predicted molar refractivity (Wildman–Crippen MR) is 130 cm³/mol. The Balaban J connectivity index is 2.02. The van der Waals surface area contributed by atoms with E-state index in [1.54, 1.807) is 0 Å². The standard InChI is InChI=1S/C29H29NO/c1-22(30(2)3)21-29(24-15-6-4-7-16-24,25-17-8-5-9-18-25)28(31)27-20-12-14-23-13-10-11-19-26(23)27/h4-20,22H,21H2,1-3H3/t22-/m0/s1. The van der Waals surface area contributed by atoms with Crippen LogP contribution in [0.2, 0.25) is 0 Å². The smallest absolute Gasteiger partial charge is 0.178 e. The van der Waals surface area contributed by atoms with E-state index in [1.165, 1.54) is 0 Å². The summed E-state index contributed by atoms with van der Waals surface area (Å²) >= 11 is 0. The van der Waals surface area contributed by atoms with Gasteiger partial charge in [-0.1, -0.05) is 103 Å². The Hall–Kier alpha value is -3.23. The Morgan fingerprint density at radius 1 is 0.742 bits per heavy atom. The number of ketones is 1. The summed E-state index contributed by atoms with van der Waals surface area (Å²) in [5.41, 5.74) is 2.06. The summed E-state index contributed by atoms with van der Waals surface area (Å²) in [5, 5.41) is 2.09. The highest BCUT2D eigenvalue weighted by Gasteiger charge is 2.44. The second-order valence-corrected chi connectivity index (χ2v) is 8.51. The molecule has 4 aromatic carbocycles. The third-order valence-electron chi connectivity index (χ3n) is 6.44. The zero-order valence-electron chi connectivity index (χ0n) is 18.5. The predicted octanol–water partition coefficient (Wildman–Crippen LogP) is 6.35. The van der Waals surface area contributed by atoms with Gasteiger partial charge in [0, 0.05) is 11.6 Å². The van der Waals surface area contributed by atoms with Crippen LogP contribution < -0.4 is 0 Å². The number of Topliss-reactive ketones (excluding diaryl/α,β-unsaturated/α-hetero) is 1. The van der Waals surface area contributed by atoms with E-state index in [1.807, 2.05) is 60.7 Å². The summed E-state index contributed by atoms with van der Waals surface area (Å²) in [6.45, 7) is 2.19. The first-order valence-corrected chi connectivity index (χ1v) is 10.8. The van der Waals surface area contributed by atoms with Crippen LogP contribution in [0.25, 0.3) is 10.8 Å². The fraction of sp³-hybridized carbons (Fsp3) is 0.207. The van der Waals surface area contributed by atoms with Crippen LogP contribution in [-0.4, -0.2) is 30.8 Å². The molecule has 31 heavy (non-hydrogen) atoms. The molecule has 0 spiro atoms. The third kappa shape index (κ3) is 3.92. The first kappa shape index (κ1) is 21.0. The van der Waals surface area contributed by atoms with Crippen molar-refractivity contribution in [2.45, 2.75) is 24.8 Å². The summed E-state index contributed by atoms with van der Waals surface area (Å²) in [7, 11) is 4.15. The van der Waals surface area contributed by atoms with Crippen LogP contribution in [0.5, 0.6) is 0 Å². The first-order valence-electron chi connectivity index (χ1n) is 10.8. The summed E-state index contributed by atoms with van der Waals surface area (Å²) < 4.78 is 0. The van der Waals surface area contributed by atoms with Crippen LogP contribution in [0.3, 0.4) is 0 Å². The SMILES string of the molecule is C[C@@H](CC(C(=O)c1cccc2ccccc12)(c1ccccc1)c1ccccc1)N(C)C. The number of fused-ring (bicyclic) bond motifs is 1. The first-order chi connectivity index (χ1) is 15.0. The van der Waals surface area contributed by atoms with Crippen molar-refractivity contribution >= 4 is 16.6 Å². The summed E-state index contributed by atoms with van der Waals surface area (Å²) in [4.78, 5) is 16.8. The molecule has 4 aromatic rings. The Labute approximate surface area is 185 Å². The highest BCUT2D eigenvalue weighted by molar-refractivity contribution is 6.14. The maximum Gasteiger partial charge on any atom is 0.178 e. The molecule has 0 amide bonds. The van der Waals surface area contributed by atoms with Gasteiger partial charge >= 0.3 is 0 Å². The van der Waals surface area contributed by atoms with E-state index in [9.17, 15) is 4.79 Å².